The van der Waals surface area contributed by atoms with Gasteiger partial charge in [0.05, 0.1) is 0 Å². The van der Waals surface area contributed by atoms with Gasteiger partial charge in [-0.1, -0.05) is 6.07 Å². The summed E-state index contributed by atoms with van der Waals surface area (Å²) in [5.41, 5.74) is 0.954. The van der Waals surface area contributed by atoms with E-state index in [1.54, 1.807) is 24.0 Å². The van der Waals surface area contributed by atoms with Gasteiger partial charge in [0.2, 0.25) is 0 Å². The molecule has 0 unspecified atom stereocenters. The molecule has 3 rings (SSSR count). The number of halogens is 1. The maximum absolute atomic E-state index is 13.6. The van der Waals surface area contributed by atoms with Crippen LogP contribution in [0, 0.1) is 17.5 Å². The number of carbonyl (C=O) groups is 1. The van der Waals surface area contributed by atoms with Gasteiger partial charge < -0.3 is 9.47 Å². The second kappa shape index (κ2) is 6.23. The van der Waals surface area contributed by atoms with Crippen LogP contribution in [-0.2, 0) is 7.05 Å². The van der Waals surface area contributed by atoms with Crippen LogP contribution >= 0.6 is 12.2 Å². The predicted octanol–water partition coefficient (Wildman–Crippen LogP) is 2.95. The van der Waals surface area contributed by atoms with Gasteiger partial charge in [0, 0.05) is 31.6 Å². The molecule has 5 nitrogen and oxygen atoms in total. The van der Waals surface area contributed by atoms with Crippen molar-refractivity contribution in [3.05, 3.63) is 45.7 Å². The van der Waals surface area contributed by atoms with Gasteiger partial charge in [-0.15, -0.1) is 0 Å². The standard InChI is InChI=1S/C16H19FN4OS/c1-10-3-4-12(9-13(10)17)15(22)21-7-5-11(6-8-21)14-18-19-16(23)20(14)2/h3-4,9,11H,5-8H2,1-2H3,(H,19,23). The summed E-state index contributed by atoms with van der Waals surface area (Å²) in [6, 6.07) is 4.65. The van der Waals surface area contributed by atoms with Gasteiger partial charge in [-0.3, -0.25) is 9.89 Å². The lowest BCUT2D eigenvalue weighted by molar-refractivity contribution is 0.0710. The highest BCUT2D eigenvalue weighted by Crippen LogP contribution is 2.27. The number of amides is 1. The first-order chi connectivity index (χ1) is 11.0. The van der Waals surface area contributed by atoms with Crippen molar-refractivity contribution in [3.63, 3.8) is 0 Å². The summed E-state index contributed by atoms with van der Waals surface area (Å²) in [6.07, 6.45) is 1.65. The van der Waals surface area contributed by atoms with Crippen molar-refractivity contribution >= 4 is 18.1 Å². The summed E-state index contributed by atoms with van der Waals surface area (Å²) in [7, 11) is 1.90. The molecule has 0 bridgehead atoms. The summed E-state index contributed by atoms with van der Waals surface area (Å²) in [5.74, 6) is 0.764. The third-order valence-corrected chi connectivity index (χ3v) is 4.85. The van der Waals surface area contributed by atoms with E-state index in [0.29, 0.717) is 29.0 Å². The minimum absolute atomic E-state index is 0.113. The SMILES string of the molecule is Cc1ccc(C(=O)N2CCC(c3n[nH]c(=S)n3C)CC2)cc1F. The Hall–Kier alpha value is -2.02. The zero-order valence-electron chi connectivity index (χ0n) is 13.2. The van der Waals surface area contributed by atoms with Gasteiger partial charge in [-0.05, 0) is 49.7 Å². The fraction of sp³-hybridized carbons (Fsp3) is 0.438. The van der Waals surface area contributed by atoms with Crippen LogP contribution in [-0.4, -0.2) is 38.7 Å². The van der Waals surface area contributed by atoms with Crippen molar-refractivity contribution in [3.8, 4) is 0 Å². The van der Waals surface area contributed by atoms with E-state index in [-0.39, 0.29) is 17.6 Å². The van der Waals surface area contributed by atoms with Crippen LogP contribution in [0.25, 0.3) is 0 Å². The van der Waals surface area contributed by atoms with Crippen LogP contribution < -0.4 is 0 Å². The number of carbonyl (C=O) groups excluding carboxylic acids is 1. The molecular formula is C16H19FN4OS. The Bertz CT molecular complexity index is 790. The van der Waals surface area contributed by atoms with E-state index in [4.69, 9.17) is 12.2 Å². The van der Waals surface area contributed by atoms with E-state index in [0.717, 1.165) is 18.7 Å². The van der Waals surface area contributed by atoms with Gasteiger partial charge in [-0.2, -0.15) is 5.10 Å². The van der Waals surface area contributed by atoms with Crippen LogP contribution in [0.4, 0.5) is 4.39 Å². The van der Waals surface area contributed by atoms with Crippen molar-refractivity contribution in [2.45, 2.75) is 25.7 Å². The molecule has 1 amide bonds. The van der Waals surface area contributed by atoms with Gasteiger partial charge in [-0.25, -0.2) is 4.39 Å². The fourth-order valence-corrected chi connectivity index (χ4v) is 3.11. The van der Waals surface area contributed by atoms with Gasteiger partial charge in [0.1, 0.15) is 11.6 Å². The fourth-order valence-electron chi connectivity index (χ4n) is 2.97. The monoisotopic (exact) mass is 334 g/mol. The lowest BCUT2D eigenvalue weighted by Gasteiger charge is -2.31. The molecule has 1 fully saturated rings. The Kier molecular flexibility index (Phi) is 4.30. The largest absolute Gasteiger partial charge is 0.339 e. The van der Waals surface area contributed by atoms with E-state index in [2.05, 4.69) is 10.2 Å². The highest BCUT2D eigenvalue weighted by atomic mass is 32.1. The summed E-state index contributed by atoms with van der Waals surface area (Å²) in [6.45, 7) is 2.96. The number of aromatic amines is 1. The molecule has 1 aromatic heterocycles. The lowest BCUT2D eigenvalue weighted by Crippen LogP contribution is -2.38. The second-order valence-electron chi connectivity index (χ2n) is 5.98. The smallest absolute Gasteiger partial charge is 0.253 e. The topological polar surface area (TPSA) is 53.9 Å². The summed E-state index contributed by atoms with van der Waals surface area (Å²) < 4.78 is 16.1. The first-order valence-corrected chi connectivity index (χ1v) is 8.05. The van der Waals surface area contributed by atoms with E-state index >= 15 is 0 Å². The number of aromatic nitrogens is 3. The molecule has 122 valence electrons. The Morgan fingerprint density at radius 2 is 2.09 bits per heavy atom. The number of benzene rings is 1. The minimum atomic E-state index is -0.341. The molecule has 1 saturated heterocycles. The van der Waals surface area contributed by atoms with Gasteiger partial charge in [0.15, 0.2) is 4.77 Å². The van der Waals surface area contributed by atoms with Crippen LogP contribution in [0.3, 0.4) is 0 Å². The molecule has 1 aromatic carbocycles. The number of hydrogen-bond acceptors (Lipinski definition) is 3. The van der Waals surface area contributed by atoms with Crippen LogP contribution in [0.1, 0.15) is 40.5 Å². The molecule has 23 heavy (non-hydrogen) atoms. The van der Waals surface area contributed by atoms with Crippen molar-refractivity contribution in [2.24, 2.45) is 7.05 Å². The van der Waals surface area contributed by atoms with Crippen LogP contribution in [0.2, 0.25) is 0 Å². The molecule has 2 aromatic rings. The number of piperidine rings is 1. The Morgan fingerprint density at radius 1 is 1.39 bits per heavy atom. The van der Waals surface area contributed by atoms with Gasteiger partial charge in [0.25, 0.3) is 5.91 Å². The average molecular weight is 334 g/mol. The lowest BCUT2D eigenvalue weighted by atomic mass is 9.95. The maximum Gasteiger partial charge on any atom is 0.253 e. The molecular weight excluding hydrogens is 315 g/mol. The highest BCUT2D eigenvalue weighted by Gasteiger charge is 2.27. The van der Waals surface area contributed by atoms with E-state index in [9.17, 15) is 9.18 Å². The molecule has 0 aliphatic carbocycles. The van der Waals surface area contributed by atoms with Crippen molar-refractivity contribution in [2.75, 3.05) is 13.1 Å². The summed E-state index contributed by atoms with van der Waals surface area (Å²) >= 11 is 5.14. The number of nitrogens with zero attached hydrogens (tertiary/aromatic N) is 3. The predicted molar refractivity (Wildman–Crippen MR) is 87.4 cm³/mol. The number of rotatable bonds is 2. The molecule has 0 atom stereocenters. The van der Waals surface area contributed by atoms with E-state index < -0.39 is 0 Å². The molecule has 0 radical (unpaired) electrons. The zero-order valence-corrected chi connectivity index (χ0v) is 14.0. The van der Waals surface area contributed by atoms with E-state index in [1.165, 1.54) is 6.07 Å². The molecule has 1 N–H and O–H groups in total. The average Bonchev–Trinajstić information content (AvgIpc) is 2.89. The van der Waals surface area contributed by atoms with Crippen molar-refractivity contribution < 1.29 is 9.18 Å². The third-order valence-electron chi connectivity index (χ3n) is 4.48. The Morgan fingerprint density at radius 3 is 2.65 bits per heavy atom. The van der Waals surface area contributed by atoms with Crippen LogP contribution in [0.5, 0.6) is 0 Å². The first-order valence-electron chi connectivity index (χ1n) is 7.64. The Balaban J connectivity index is 1.68. The molecule has 1 aliphatic heterocycles. The van der Waals surface area contributed by atoms with Crippen molar-refractivity contribution in [1.29, 1.82) is 0 Å². The van der Waals surface area contributed by atoms with Gasteiger partial charge >= 0.3 is 0 Å². The number of hydrogen-bond donors (Lipinski definition) is 1. The normalized spacial score (nSPS) is 15.9. The molecule has 2 heterocycles. The number of nitrogens with one attached hydrogen (secondary N) is 1. The molecule has 1 aliphatic rings. The minimum Gasteiger partial charge on any atom is -0.339 e. The second-order valence-corrected chi connectivity index (χ2v) is 6.36. The summed E-state index contributed by atoms with van der Waals surface area (Å²) in [4.78, 5) is 14.3. The number of aryl methyl sites for hydroxylation is 1. The quantitative estimate of drug-likeness (QED) is 0.859. The van der Waals surface area contributed by atoms with E-state index in [1.807, 2.05) is 11.6 Å². The Labute approximate surface area is 139 Å². The van der Waals surface area contributed by atoms with Crippen LogP contribution in [0.15, 0.2) is 18.2 Å². The number of likely N-dealkylation sites (tertiary alicyclic amines) is 1. The summed E-state index contributed by atoms with van der Waals surface area (Å²) in [5, 5.41) is 7.08. The third kappa shape index (κ3) is 3.06. The molecule has 7 heteroatoms. The number of H-pyrrole nitrogens is 1. The molecule has 0 saturated carbocycles. The first kappa shape index (κ1) is 15.9. The molecule has 0 spiro atoms. The highest BCUT2D eigenvalue weighted by molar-refractivity contribution is 7.71. The zero-order chi connectivity index (χ0) is 16.6. The maximum atomic E-state index is 13.6. The van der Waals surface area contributed by atoms with Crippen molar-refractivity contribution in [1.82, 2.24) is 19.7 Å².